The van der Waals surface area contributed by atoms with E-state index in [0.29, 0.717) is 0 Å². The summed E-state index contributed by atoms with van der Waals surface area (Å²) >= 11 is 0. The Labute approximate surface area is 124 Å². The highest BCUT2D eigenvalue weighted by atomic mass is 16.3. The lowest BCUT2D eigenvalue weighted by Gasteiger charge is -2.04. The summed E-state index contributed by atoms with van der Waals surface area (Å²) in [7, 11) is 0. The van der Waals surface area contributed by atoms with Crippen LogP contribution in [0.5, 0.6) is 5.75 Å². The van der Waals surface area contributed by atoms with E-state index >= 15 is 0 Å². The average Bonchev–Trinajstić information content (AvgIpc) is 3.00. The number of hydrogen-bond acceptors (Lipinski definition) is 2. The summed E-state index contributed by atoms with van der Waals surface area (Å²) in [4.78, 5) is 0. The molecule has 0 radical (unpaired) electrons. The van der Waals surface area contributed by atoms with Crippen LogP contribution in [-0.4, -0.2) is 15.3 Å². The van der Waals surface area contributed by atoms with E-state index in [2.05, 4.69) is 17.1 Å². The minimum atomic E-state index is 0.265. The molecule has 3 rings (SSSR count). The van der Waals surface area contributed by atoms with E-state index in [1.807, 2.05) is 48.5 Å². The maximum Gasteiger partial charge on any atom is 0.125 e. The third-order valence-corrected chi connectivity index (χ3v) is 3.54. The van der Waals surface area contributed by atoms with Gasteiger partial charge in [0.15, 0.2) is 0 Å². The van der Waals surface area contributed by atoms with Crippen LogP contribution in [0, 0.1) is 0 Å². The second-order valence-corrected chi connectivity index (χ2v) is 5.13. The average molecular weight is 278 g/mol. The molecular weight excluding hydrogens is 260 g/mol. The molecule has 0 saturated heterocycles. The molecule has 3 heteroatoms. The molecule has 0 unspecified atom stereocenters. The van der Waals surface area contributed by atoms with Gasteiger partial charge in [0.25, 0.3) is 0 Å². The van der Waals surface area contributed by atoms with Gasteiger partial charge >= 0.3 is 0 Å². The van der Waals surface area contributed by atoms with E-state index in [1.54, 1.807) is 6.07 Å². The van der Waals surface area contributed by atoms with Gasteiger partial charge in [0.1, 0.15) is 5.75 Å². The van der Waals surface area contributed by atoms with Gasteiger partial charge < -0.3 is 5.11 Å². The van der Waals surface area contributed by atoms with Crippen molar-refractivity contribution < 1.29 is 5.11 Å². The number of phenolic OH excluding ortho intramolecular Hbond substituents is 1. The smallest absolute Gasteiger partial charge is 0.125 e. The highest BCUT2D eigenvalue weighted by molar-refractivity contribution is 5.72. The zero-order valence-electron chi connectivity index (χ0n) is 12.0. The molecule has 0 aliphatic rings. The topological polar surface area (TPSA) is 48.9 Å². The standard InChI is InChI=1S/C18H18N2O/c1-2-6-13-9-10-18(21)15(11-13)17-12-16(19-20-17)14-7-4-3-5-8-14/h3-5,7-12,21H,2,6H2,1H3,(H,19,20). The van der Waals surface area contributed by atoms with Gasteiger partial charge in [-0.2, -0.15) is 5.10 Å². The van der Waals surface area contributed by atoms with E-state index < -0.39 is 0 Å². The van der Waals surface area contributed by atoms with Crippen molar-refractivity contribution in [3.8, 4) is 28.3 Å². The van der Waals surface area contributed by atoms with Gasteiger partial charge in [0.05, 0.1) is 11.4 Å². The number of phenols is 1. The summed E-state index contributed by atoms with van der Waals surface area (Å²) in [6.07, 6.45) is 2.09. The van der Waals surface area contributed by atoms with Crippen molar-refractivity contribution in [2.24, 2.45) is 0 Å². The Morgan fingerprint density at radius 2 is 1.86 bits per heavy atom. The molecule has 0 aliphatic heterocycles. The largest absolute Gasteiger partial charge is 0.507 e. The summed E-state index contributed by atoms with van der Waals surface area (Å²) in [5.41, 5.74) is 4.80. The van der Waals surface area contributed by atoms with Gasteiger partial charge in [0.2, 0.25) is 0 Å². The second-order valence-electron chi connectivity index (χ2n) is 5.13. The number of H-pyrrole nitrogens is 1. The molecule has 1 heterocycles. The number of hydrogen-bond donors (Lipinski definition) is 2. The Bertz CT molecular complexity index is 732. The third-order valence-electron chi connectivity index (χ3n) is 3.54. The van der Waals surface area contributed by atoms with Crippen molar-refractivity contribution in [3.63, 3.8) is 0 Å². The van der Waals surface area contributed by atoms with Gasteiger partial charge in [-0.25, -0.2) is 0 Å². The zero-order valence-corrected chi connectivity index (χ0v) is 12.0. The number of nitrogens with zero attached hydrogens (tertiary/aromatic N) is 1. The molecule has 2 N–H and O–H groups in total. The summed E-state index contributed by atoms with van der Waals surface area (Å²) in [5.74, 6) is 0.265. The number of aryl methyl sites for hydroxylation is 1. The van der Waals surface area contributed by atoms with Crippen LogP contribution >= 0.6 is 0 Å². The Hall–Kier alpha value is -2.55. The first kappa shape index (κ1) is 13.4. The van der Waals surface area contributed by atoms with Gasteiger partial charge in [0, 0.05) is 5.56 Å². The molecule has 21 heavy (non-hydrogen) atoms. The first-order chi connectivity index (χ1) is 10.3. The van der Waals surface area contributed by atoms with Crippen molar-refractivity contribution in [1.82, 2.24) is 10.2 Å². The zero-order chi connectivity index (χ0) is 14.7. The number of aromatic hydroxyl groups is 1. The van der Waals surface area contributed by atoms with Gasteiger partial charge in [-0.3, -0.25) is 5.10 Å². The minimum absolute atomic E-state index is 0.265. The highest BCUT2D eigenvalue weighted by Gasteiger charge is 2.10. The third kappa shape index (κ3) is 2.82. The van der Waals surface area contributed by atoms with Gasteiger partial charge in [-0.15, -0.1) is 0 Å². The van der Waals surface area contributed by atoms with Crippen LogP contribution in [0.4, 0.5) is 0 Å². The van der Waals surface area contributed by atoms with E-state index in [-0.39, 0.29) is 5.75 Å². The van der Waals surface area contributed by atoms with E-state index in [1.165, 1.54) is 5.56 Å². The monoisotopic (exact) mass is 278 g/mol. The van der Waals surface area contributed by atoms with E-state index in [0.717, 1.165) is 35.4 Å². The predicted molar refractivity (Wildman–Crippen MR) is 85.1 cm³/mol. The molecule has 2 aromatic carbocycles. The van der Waals surface area contributed by atoms with Crippen LogP contribution in [0.1, 0.15) is 18.9 Å². The van der Waals surface area contributed by atoms with Crippen LogP contribution in [0.3, 0.4) is 0 Å². The molecule has 0 spiro atoms. The molecule has 0 saturated carbocycles. The fourth-order valence-electron chi connectivity index (χ4n) is 2.46. The van der Waals surface area contributed by atoms with E-state index in [9.17, 15) is 5.11 Å². The number of rotatable bonds is 4. The van der Waals surface area contributed by atoms with Crippen molar-refractivity contribution in [1.29, 1.82) is 0 Å². The lowest BCUT2D eigenvalue weighted by molar-refractivity contribution is 0.477. The lowest BCUT2D eigenvalue weighted by Crippen LogP contribution is -1.86. The first-order valence-corrected chi connectivity index (χ1v) is 7.21. The Kier molecular flexibility index (Phi) is 3.73. The normalized spacial score (nSPS) is 10.7. The van der Waals surface area contributed by atoms with Gasteiger partial charge in [-0.05, 0) is 35.7 Å². The van der Waals surface area contributed by atoms with Crippen LogP contribution in [-0.2, 0) is 6.42 Å². The molecule has 3 aromatic rings. The Morgan fingerprint density at radius 1 is 1.05 bits per heavy atom. The molecule has 106 valence electrons. The van der Waals surface area contributed by atoms with Crippen molar-refractivity contribution in [2.75, 3.05) is 0 Å². The maximum atomic E-state index is 10.1. The predicted octanol–water partition coefficient (Wildman–Crippen LogP) is 4.40. The summed E-state index contributed by atoms with van der Waals surface area (Å²) in [6.45, 7) is 2.15. The molecule has 0 amide bonds. The second kappa shape index (κ2) is 5.83. The lowest BCUT2D eigenvalue weighted by atomic mass is 10.0. The molecule has 0 bridgehead atoms. The van der Waals surface area contributed by atoms with Crippen molar-refractivity contribution >= 4 is 0 Å². The van der Waals surface area contributed by atoms with Gasteiger partial charge in [-0.1, -0.05) is 49.7 Å². The Morgan fingerprint density at radius 3 is 2.62 bits per heavy atom. The first-order valence-electron chi connectivity index (χ1n) is 7.21. The minimum Gasteiger partial charge on any atom is -0.507 e. The molecule has 0 fully saturated rings. The SMILES string of the molecule is CCCc1ccc(O)c(-c2cc(-c3ccccc3)[nH]n2)c1. The number of nitrogens with one attached hydrogen (secondary N) is 1. The molecule has 3 nitrogen and oxygen atoms in total. The summed E-state index contributed by atoms with van der Waals surface area (Å²) < 4.78 is 0. The Balaban J connectivity index is 1.98. The summed E-state index contributed by atoms with van der Waals surface area (Å²) in [6, 6.07) is 17.7. The van der Waals surface area contributed by atoms with Crippen LogP contribution in [0.15, 0.2) is 54.6 Å². The fraction of sp³-hybridized carbons (Fsp3) is 0.167. The van der Waals surface area contributed by atoms with Crippen LogP contribution < -0.4 is 0 Å². The molecular formula is C18H18N2O. The van der Waals surface area contributed by atoms with E-state index in [4.69, 9.17) is 0 Å². The molecule has 0 aliphatic carbocycles. The van der Waals surface area contributed by atoms with Crippen LogP contribution in [0.2, 0.25) is 0 Å². The summed E-state index contributed by atoms with van der Waals surface area (Å²) in [5, 5.41) is 17.5. The van der Waals surface area contributed by atoms with Crippen LogP contribution in [0.25, 0.3) is 22.5 Å². The molecule has 0 atom stereocenters. The van der Waals surface area contributed by atoms with Crippen molar-refractivity contribution in [3.05, 3.63) is 60.2 Å². The highest BCUT2D eigenvalue weighted by Crippen LogP contribution is 2.31. The number of benzene rings is 2. The quantitative estimate of drug-likeness (QED) is 0.743. The maximum absolute atomic E-state index is 10.1. The molecule has 1 aromatic heterocycles. The number of aromatic nitrogens is 2. The number of aromatic amines is 1. The fourth-order valence-corrected chi connectivity index (χ4v) is 2.46. The van der Waals surface area contributed by atoms with Crippen molar-refractivity contribution in [2.45, 2.75) is 19.8 Å².